The van der Waals surface area contributed by atoms with Gasteiger partial charge in [-0.25, -0.2) is 4.79 Å². The molecule has 1 N–H and O–H groups in total. The summed E-state index contributed by atoms with van der Waals surface area (Å²) in [6.07, 6.45) is 19.1. The maximum Gasteiger partial charge on any atom is 0.329 e. The Hall–Kier alpha value is -1.59. The SMILES string of the molecule is CCCC(NC(=O)CCCCCCCCCCCCCCCCC(=O)OC(C)(C)C)C(=O)OC(C)(C)C. The van der Waals surface area contributed by atoms with Gasteiger partial charge in [-0.1, -0.05) is 90.4 Å². The predicted octanol–water partition coefficient (Wildman–Crippen LogP) is 8.20. The number of carbonyl (C=O) groups is 3. The molecule has 0 radical (unpaired) electrons. The topological polar surface area (TPSA) is 81.7 Å². The third-order valence-corrected chi connectivity index (χ3v) is 6.06. The molecule has 0 rings (SSSR count). The molecule has 0 aliphatic carbocycles. The zero-order valence-electron chi connectivity index (χ0n) is 25.3. The smallest absolute Gasteiger partial charge is 0.329 e. The Morgan fingerprint density at radius 2 is 0.973 bits per heavy atom. The van der Waals surface area contributed by atoms with Crippen molar-refractivity contribution in [2.75, 3.05) is 0 Å². The van der Waals surface area contributed by atoms with Crippen molar-refractivity contribution in [3.05, 3.63) is 0 Å². The highest BCUT2D eigenvalue weighted by atomic mass is 16.6. The van der Waals surface area contributed by atoms with Gasteiger partial charge in [0.15, 0.2) is 0 Å². The van der Waals surface area contributed by atoms with Gasteiger partial charge in [-0.3, -0.25) is 9.59 Å². The lowest BCUT2D eigenvalue weighted by molar-refractivity contribution is -0.159. The fourth-order valence-corrected chi connectivity index (χ4v) is 4.25. The van der Waals surface area contributed by atoms with Crippen molar-refractivity contribution in [2.24, 2.45) is 0 Å². The zero-order chi connectivity index (χ0) is 28.2. The maximum atomic E-state index is 12.3. The first-order valence-electron chi connectivity index (χ1n) is 15.1. The summed E-state index contributed by atoms with van der Waals surface area (Å²) < 4.78 is 10.8. The van der Waals surface area contributed by atoms with E-state index in [4.69, 9.17) is 9.47 Å². The molecule has 0 saturated heterocycles. The Labute approximate surface area is 228 Å². The summed E-state index contributed by atoms with van der Waals surface area (Å²) in [6, 6.07) is -0.541. The highest BCUT2D eigenvalue weighted by Gasteiger charge is 2.25. The van der Waals surface area contributed by atoms with Crippen molar-refractivity contribution in [3.8, 4) is 0 Å². The third-order valence-electron chi connectivity index (χ3n) is 6.06. The molecule has 0 spiro atoms. The maximum absolute atomic E-state index is 12.3. The molecule has 0 heterocycles. The van der Waals surface area contributed by atoms with E-state index in [9.17, 15) is 14.4 Å². The number of nitrogens with one attached hydrogen (secondary N) is 1. The standard InChI is InChI=1S/C31H59NO5/c1-8-23-26(29(35)37-31(5,6)7)32-27(33)24-21-19-17-15-13-11-9-10-12-14-16-18-20-22-25-28(34)36-30(2,3)4/h26H,8-25H2,1-7H3,(H,32,33). The largest absolute Gasteiger partial charge is 0.460 e. The number of esters is 2. The van der Waals surface area contributed by atoms with E-state index >= 15 is 0 Å². The first kappa shape index (κ1) is 35.4. The van der Waals surface area contributed by atoms with E-state index in [-0.39, 0.29) is 23.4 Å². The van der Waals surface area contributed by atoms with Gasteiger partial charge in [0.25, 0.3) is 0 Å². The number of amides is 1. The monoisotopic (exact) mass is 525 g/mol. The van der Waals surface area contributed by atoms with Crippen LogP contribution in [0.15, 0.2) is 0 Å². The van der Waals surface area contributed by atoms with Crippen molar-refractivity contribution in [1.29, 1.82) is 0 Å². The van der Waals surface area contributed by atoms with E-state index in [1.807, 2.05) is 48.5 Å². The summed E-state index contributed by atoms with van der Waals surface area (Å²) in [5.74, 6) is -0.459. The normalized spacial score (nSPS) is 12.7. The average molecular weight is 526 g/mol. The van der Waals surface area contributed by atoms with Gasteiger partial charge in [0.05, 0.1) is 0 Å². The van der Waals surface area contributed by atoms with Gasteiger partial charge in [-0.15, -0.1) is 0 Å². The van der Waals surface area contributed by atoms with Crippen LogP contribution in [0.5, 0.6) is 0 Å². The summed E-state index contributed by atoms with van der Waals surface area (Å²) in [7, 11) is 0. The fourth-order valence-electron chi connectivity index (χ4n) is 4.25. The van der Waals surface area contributed by atoms with Crippen LogP contribution in [0.25, 0.3) is 0 Å². The average Bonchev–Trinajstić information content (AvgIpc) is 2.76. The van der Waals surface area contributed by atoms with E-state index in [1.165, 1.54) is 64.2 Å². The van der Waals surface area contributed by atoms with Crippen LogP contribution >= 0.6 is 0 Å². The molecule has 1 amide bonds. The Bertz CT molecular complexity index is 618. The minimum atomic E-state index is -0.542. The highest BCUT2D eigenvalue weighted by molar-refractivity contribution is 5.84. The number of rotatable bonds is 21. The second-order valence-corrected chi connectivity index (χ2v) is 12.5. The minimum absolute atomic E-state index is 0.0488. The lowest BCUT2D eigenvalue weighted by Crippen LogP contribution is -2.44. The van der Waals surface area contributed by atoms with Crippen molar-refractivity contribution < 1.29 is 23.9 Å². The van der Waals surface area contributed by atoms with Crippen LogP contribution in [-0.2, 0) is 23.9 Å². The van der Waals surface area contributed by atoms with E-state index in [0.717, 1.165) is 32.1 Å². The molecule has 6 nitrogen and oxygen atoms in total. The molecule has 1 unspecified atom stereocenters. The summed E-state index contributed by atoms with van der Waals surface area (Å²) >= 11 is 0. The minimum Gasteiger partial charge on any atom is -0.460 e. The number of hydrogen-bond acceptors (Lipinski definition) is 5. The lowest BCUT2D eigenvalue weighted by atomic mass is 10.0. The Morgan fingerprint density at radius 3 is 1.35 bits per heavy atom. The van der Waals surface area contributed by atoms with E-state index in [1.54, 1.807) is 0 Å². The summed E-state index contributed by atoms with van der Waals surface area (Å²) in [4.78, 5) is 36.2. The Balaban J connectivity index is 3.57. The van der Waals surface area contributed by atoms with Crippen LogP contribution in [0.4, 0.5) is 0 Å². The van der Waals surface area contributed by atoms with Crippen molar-refractivity contribution in [2.45, 2.75) is 181 Å². The Morgan fingerprint density at radius 1 is 0.595 bits per heavy atom. The number of carbonyl (C=O) groups excluding carboxylic acids is 3. The number of ether oxygens (including phenoxy) is 2. The van der Waals surface area contributed by atoms with Crippen LogP contribution in [0, 0.1) is 0 Å². The van der Waals surface area contributed by atoms with Gasteiger partial charge >= 0.3 is 11.9 Å². The quantitative estimate of drug-likeness (QED) is 0.121. The lowest BCUT2D eigenvalue weighted by Gasteiger charge is -2.24. The second-order valence-electron chi connectivity index (χ2n) is 12.5. The molecular weight excluding hydrogens is 466 g/mol. The molecule has 0 fully saturated rings. The van der Waals surface area contributed by atoms with Crippen LogP contribution in [0.1, 0.15) is 164 Å². The van der Waals surface area contributed by atoms with Crippen LogP contribution in [0.2, 0.25) is 0 Å². The van der Waals surface area contributed by atoms with E-state index in [0.29, 0.717) is 19.3 Å². The van der Waals surface area contributed by atoms with Crippen LogP contribution in [0.3, 0.4) is 0 Å². The predicted molar refractivity (Wildman–Crippen MR) is 152 cm³/mol. The van der Waals surface area contributed by atoms with E-state index < -0.39 is 11.6 Å². The summed E-state index contributed by atoms with van der Waals surface area (Å²) in [5, 5.41) is 2.87. The molecule has 218 valence electrons. The van der Waals surface area contributed by atoms with Gasteiger partial charge in [0.2, 0.25) is 5.91 Å². The van der Waals surface area contributed by atoms with Crippen LogP contribution < -0.4 is 5.32 Å². The first-order chi connectivity index (χ1) is 17.3. The van der Waals surface area contributed by atoms with E-state index in [2.05, 4.69) is 5.32 Å². The molecular formula is C31H59NO5. The van der Waals surface area contributed by atoms with Gasteiger partial charge < -0.3 is 14.8 Å². The van der Waals surface area contributed by atoms with Crippen molar-refractivity contribution in [1.82, 2.24) is 5.32 Å². The van der Waals surface area contributed by atoms with Gasteiger partial charge in [0, 0.05) is 12.8 Å². The highest BCUT2D eigenvalue weighted by Crippen LogP contribution is 2.15. The molecule has 37 heavy (non-hydrogen) atoms. The van der Waals surface area contributed by atoms with Gasteiger partial charge in [-0.2, -0.15) is 0 Å². The third kappa shape index (κ3) is 24.5. The first-order valence-corrected chi connectivity index (χ1v) is 15.1. The van der Waals surface area contributed by atoms with Gasteiger partial charge in [0.1, 0.15) is 17.2 Å². The summed E-state index contributed by atoms with van der Waals surface area (Å²) in [6.45, 7) is 13.3. The van der Waals surface area contributed by atoms with Gasteiger partial charge in [-0.05, 0) is 60.8 Å². The molecule has 0 bridgehead atoms. The number of unbranched alkanes of at least 4 members (excludes halogenated alkanes) is 13. The molecule has 0 aromatic rings. The molecule has 0 saturated carbocycles. The molecule has 0 aromatic carbocycles. The fraction of sp³-hybridized carbons (Fsp3) is 0.903. The molecule has 0 aliphatic heterocycles. The molecule has 0 aromatic heterocycles. The second kappa shape index (κ2) is 20.4. The molecule has 1 atom stereocenters. The Kier molecular flexibility index (Phi) is 19.5. The molecule has 6 heteroatoms. The summed E-state index contributed by atoms with van der Waals surface area (Å²) in [5.41, 5.74) is -0.918. The molecule has 0 aliphatic rings. The van der Waals surface area contributed by atoms with Crippen molar-refractivity contribution >= 4 is 17.8 Å². The number of hydrogen-bond donors (Lipinski definition) is 1. The zero-order valence-corrected chi connectivity index (χ0v) is 25.3. The van der Waals surface area contributed by atoms with Crippen LogP contribution in [-0.4, -0.2) is 35.1 Å². The van der Waals surface area contributed by atoms with Crippen molar-refractivity contribution in [3.63, 3.8) is 0 Å².